The minimum Gasteiger partial charge on any atom is -0.466 e. The Labute approximate surface area is 144 Å². The van der Waals surface area contributed by atoms with Crippen LogP contribution in [0.2, 0.25) is 0 Å². The van der Waals surface area contributed by atoms with Crippen molar-refractivity contribution in [1.29, 1.82) is 0 Å². The number of esters is 2. The third-order valence-corrected chi connectivity index (χ3v) is 3.50. The summed E-state index contributed by atoms with van der Waals surface area (Å²) in [5.74, 6) is -0.953. The van der Waals surface area contributed by atoms with E-state index in [4.69, 9.17) is 13.9 Å². The normalized spacial score (nSPS) is 11.6. The molecule has 0 bridgehead atoms. The zero-order valence-corrected chi connectivity index (χ0v) is 13.4. The maximum absolute atomic E-state index is 12.4. The highest BCUT2D eigenvalue weighted by Gasteiger charge is 2.27. The molecule has 3 aromatic rings. The first-order chi connectivity index (χ1) is 12.2. The molecule has 25 heavy (non-hydrogen) atoms. The van der Waals surface area contributed by atoms with Crippen molar-refractivity contribution in [3.05, 3.63) is 78.3 Å². The summed E-state index contributed by atoms with van der Waals surface area (Å²) in [5, 5.41) is 0. The summed E-state index contributed by atoms with van der Waals surface area (Å²) < 4.78 is 15.5. The van der Waals surface area contributed by atoms with E-state index in [0.29, 0.717) is 11.3 Å². The number of rotatable bonds is 5. The lowest BCUT2D eigenvalue weighted by Gasteiger charge is -2.15. The van der Waals surface area contributed by atoms with Crippen molar-refractivity contribution < 1.29 is 23.5 Å². The number of ether oxygens (including phenoxy) is 2. The second-order valence-corrected chi connectivity index (χ2v) is 5.12. The Hall–Kier alpha value is -3.41. The molecular formula is C19H15NO5. The molecule has 0 unspecified atom stereocenters. The number of carbonyl (C=O) groups excluding carboxylic acids is 2. The van der Waals surface area contributed by atoms with Crippen molar-refractivity contribution in [2.45, 2.75) is 6.10 Å². The highest BCUT2D eigenvalue weighted by molar-refractivity contribution is 5.90. The second-order valence-electron chi connectivity index (χ2n) is 5.12. The number of hydrogen-bond donors (Lipinski definition) is 0. The van der Waals surface area contributed by atoms with E-state index >= 15 is 0 Å². The number of carbonyl (C=O) groups is 2. The zero-order valence-electron chi connectivity index (χ0n) is 13.4. The lowest BCUT2D eigenvalue weighted by molar-refractivity contribution is -0.151. The number of hydrogen-bond acceptors (Lipinski definition) is 6. The van der Waals surface area contributed by atoms with Gasteiger partial charge >= 0.3 is 11.9 Å². The van der Waals surface area contributed by atoms with Crippen molar-refractivity contribution in [1.82, 2.24) is 4.98 Å². The smallest absolute Gasteiger partial charge is 0.375 e. The van der Waals surface area contributed by atoms with Gasteiger partial charge in [0.15, 0.2) is 0 Å². The van der Waals surface area contributed by atoms with Gasteiger partial charge in [0.05, 0.1) is 7.11 Å². The molecule has 0 aliphatic carbocycles. The van der Waals surface area contributed by atoms with Gasteiger partial charge in [-0.25, -0.2) is 9.59 Å². The average molecular weight is 337 g/mol. The molecule has 0 aliphatic heterocycles. The molecule has 0 spiro atoms. The van der Waals surface area contributed by atoms with E-state index in [1.807, 2.05) is 6.07 Å². The van der Waals surface area contributed by atoms with Gasteiger partial charge in [0.1, 0.15) is 5.76 Å². The number of benzene rings is 1. The quantitative estimate of drug-likeness (QED) is 0.664. The van der Waals surface area contributed by atoms with Crippen LogP contribution >= 0.6 is 0 Å². The maximum Gasteiger partial charge on any atom is 0.375 e. The van der Waals surface area contributed by atoms with Crippen LogP contribution in [0.3, 0.4) is 0 Å². The summed E-state index contributed by atoms with van der Waals surface area (Å²) in [4.78, 5) is 28.3. The van der Waals surface area contributed by atoms with Gasteiger partial charge in [0.25, 0.3) is 0 Å². The fourth-order valence-corrected chi connectivity index (χ4v) is 2.26. The third kappa shape index (κ3) is 3.74. The van der Waals surface area contributed by atoms with Gasteiger partial charge in [0.2, 0.25) is 11.9 Å². The van der Waals surface area contributed by atoms with Crippen LogP contribution in [0.4, 0.5) is 0 Å². The first kappa shape index (κ1) is 16.4. The first-order valence-electron chi connectivity index (χ1n) is 7.53. The zero-order chi connectivity index (χ0) is 17.6. The number of nitrogens with zero attached hydrogens (tertiary/aromatic N) is 1. The Balaban J connectivity index is 1.80. The topological polar surface area (TPSA) is 78.6 Å². The Morgan fingerprint density at radius 2 is 1.84 bits per heavy atom. The molecule has 2 aromatic heterocycles. The first-order valence-corrected chi connectivity index (χ1v) is 7.53. The molecule has 0 aliphatic rings. The molecule has 126 valence electrons. The maximum atomic E-state index is 12.4. The van der Waals surface area contributed by atoms with Gasteiger partial charge in [0, 0.05) is 23.5 Å². The van der Waals surface area contributed by atoms with E-state index < -0.39 is 18.0 Å². The minimum atomic E-state index is -1.16. The molecule has 1 atom stereocenters. The fourth-order valence-electron chi connectivity index (χ4n) is 2.26. The SMILES string of the molecule is COC(=O)[C@@H](OC(=O)c1ccc(-c2cccnc2)o1)c1ccccc1. The molecule has 0 fully saturated rings. The van der Waals surface area contributed by atoms with Crippen LogP contribution in [-0.2, 0) is 14.3 Å². The molecule has 6 nitrogen and oxygen atoms in total. The van der Waals surface area contributed by atoms with Gasteiger partial charge in [-0.2, -0.15) is 0 Å². The number of aromatic nitrogens is 1. The van der Waals surface area contributed by atoms with E-state index in [-0.39, 0.29) is 5.76 Å². The van der Waals surface area contributed by atoms with Crippen LogP contribution < -0.4 is 0 Å². The summed E-state index contributed by atoms with van der Waals surface area (Å²) in [5.41, 5.74) is 1.25. The van der Waals surface area contributed by atoms with E-state index in [1.54, 1.807) is 54.9 Å². The molecule has 3 rings (SSSR count). The van der Waals surface area contributed by atoms with E-state index in [1.165, 1.54) is 13.2 Å². The molecular weight excluding hydrogens is 322 g/mol. The van der Waals surface area contributed by atoms with Crippen LogP contribution in [0.1, 0.15) is 22.2 Å². The Bertz CT molecular complexity index is 858. The van der Waals surface area contributed by atoms with Crippen molar-refractivity contribution >= 4 is 11.9 Å². The summed E-state index contributed by atoms with van der Waals surface area (Å²) >= 11 is 0. The van der Waals surface area contributed by atoms with Crippen LogP contribution in [0, 0.1) is 0 Å². The molecule has 2 heterocycles. The van der Waals surface area contributed by atoms with E-state index in [9.17, 15) is 9.59 Å². The molecule has 1 aromatic carbocycles. The Morgan fingerprint density at radius 1 is 1.04 bits per heavy atom. The van der Waals surface area contributed by atoms with Crippen LogP contribution in [0.15, 0.2) is 71.4 Å². The van der Waals surface area contributed by atoms with Gasteiger partial charge in [-0.05, 0) is 24.3 Å². The lowest BCUT2D eigenvalue weighted by Crippen LogP contribution is -2.21. The van der Waals surface area contributed by atoms with E-state index in [0.717, 1.165) is 5.56 Å². The predicted molar refractivity (Wildman–Crippen MR) is 88.6 cm³/mol. The van der Waals surface area contributed by atoms with Crippen molar-refractivity contribution in [2.24, 2.45) is 0 Å². The lowest BCUT2D eigenvalue weighted by atomic mass is 10.1. The van der Waals surface area contributed by atoms with Crippen molar-refractivity contribution in [3.8, 4) is 11.3 Å². The van der Waals surface area contributed by atoms with Crippen molar-refractivity contribution in [3.63, 3.8) is 0 Å². The highest BCUT2D eigenvalue weighted by atomic mass is 16.6. The van der Waals surface area contributed by atoms with Gasteiger partial charge < -0.3 is 13.9 Å². The van der Waals surface area contributed by atoms with E-state index in [2.05, 4.69) is 4.98 Å². The predicted octanol–water partition coefficient (Wildman–Crippen LogP) is 3.41. The molecule has 0 amide bonds. The van der Waals surface area contributed by atoms with Crippen LogP contribution in [-0.4, -0.2) is 24.0 Å². The Morgan fingerprint density at radius 3 is 2.52 bits per heavy atom. The number of methoxy groups -OCH3 is 1. The van der Waals surface area contributed by atoms with Crippen molar-refractivity contribution in [2.75, 3.05) is 7.11 Å². The second kappa shape index (κ2) is 7.44. The highest BCUT2D eigenvalue weighted by Crippen LogP contribution is 2.24. The Kier molecular flexibility index (Phi) is 4.89. The van der Waals surface area contributed by atoms with Gasteiger partial charge in [-0.3, -0.25) is 4.98 Å². The molecule has 0 radical (unpaired) electrons. The average Bonchev–Trinajstić information content (AvgIpc) is 3.17. The molecule has 6 heteroatoms. The number of furan rings is 1. The summed E-state index contributed by atoms with van der Waals surface area (Å²) in [6, 6.07) is 15.3. The fraction of sp³-hybridized carbons (Fsp3) is 0.105. The summed E-state index contributed by atoms with van der Waals surface area (Å²) in [6.45, 7) is 0. The van der Waals surface area contributed by atoms with Gasteiger partial charge in [-0.1, -0.05) is 30.3 Å². The largest absolute Gasteiger partial charge is 0.466 e. The summed E-state index contributed by atoms with van der Waals surface area (Å²) in [6.07, 6.45) is 2.10. The molecule has 0 saturated carbocycles. The third-order valence-electron chi connectivity index (χ3n) is 3.50. The summed E-state index contributed by atoms with van der Waals surface area (Å²) in [7, 11) is 1.24. The minimum absolute atomic E-state index is 0.0105. The van der Waals surface area contributed by atoms with Gasteiger partial charge in [-0.15, -0.1) is 0 Å². The molecule has 0 saturated heterocycles. The van der Waals surface area contributed by atoms with Crippen LogP contribution in [0.25, 0.3) is 11.3 Å². The van der Waals surface area contributed by atoms with Crippen LogP contribution in [0.5, 0.6) is 0 Å². The standard InChI is InChI=1S/C19H15NO5/c1-23-19(22)17(13-6-3-2-4-7-13)25-18(21)16-10-9-15(24-16)14-8-5-11-20-12-14/h2-12,17H,1H3/t17-/m0/s1. The number of pyridine rings is 1. The monoisotopic (exact) mass is 337 g/mol. The molecule has 0 N–H and O–H groups in total.